The number of hydrogen-bond acceptors (Lipinski definition) is 4. The summed E-state index contributed by atoms with van der Waals surface area (Å²) < 4.78 is 18.5. The standard InChI is InChI=1S/C10H6Cl2FN3O/c11-5-1-2-6(12)8(3-5)17-9-7(13)4-15-10(14)16-9/h1-4H,(H2,14,15,16). The maximum Gasteiger partial charge on any atom is 0.260 e. The summed E-state index contributed by atoms with van der Waals surface area (Å²) in [4.78, 5) is 7.08. The van der Waals surface area contributed by atoms with Crippen molar-refractivity contribution < 1.29 is 9.13 Å². The maximum absolute atomic E-state index is 13.3. The van der Waals surface area contributed by atoms with Gasteiger partial charge in [-0.15, -0.1) is 0 Å². The molecule has 0 radical (unpaired) electrons. The molecule has 0 aliphatic rings. The fourth-order valence-electron chi connectivity index (χ4n) is 1.10. The third-order valence-corrected chi connectivity index (χ3v) is 2.38. The largest absolute Gasteiger partial charge is 0.435 e. The van der Waals surface area contributed by atoms with Crippen LogP contribution >= 0.6 is 23.2 Å². The first-order chi connectivity index (χ1) is 8.06. The smallest absolute Gasteiger partial charge is 0.260 e. The van der Waals surface area contributed by atoms with E-state index in [0.717, 1.165) is 6.20 Å². The van der Waals surface area contributed by atoms with E-state index < -0.39 is 5.82 Å². The molecule has 17 heavy (non-hydrogen) atoms. The number of aromatic nitrogens is 2. The summed E-state index contributed by atoms with van der Waals surface area (Å²) >= 11 is 11.6. The lowest BCUT2D eigenvalue weighted by Gasteiger charge is -2.07. The summed E-state index contributed by atoms with van der Waals surface area (Å²) in [5.41, 5.74) is 5.32. The van der Waals surface area contributed by atoms with E-state index in [1.54, 1.807) is 6.07 Å². The highest BCUT2D eigenvalue weighted by Crippen LogP contribution is 2.31. The highest BCUT2D eigenvalue weighted by atomic mass is 35.5. The van der Waals surface area contributed by atoms with Crippen molar-refractivity contribution in [3.05, 3.63) is 40.3 Å². The lowest BCUT2D eigenvalue weighted by Crippen LogP contribution is -1.99. The molecule has 0 saturated heterocycles. The van der Waals surface area contributed by atoms with Gasteiger partial charge in [0.1, 0.15) is 5.75 Å². The van der Waals surface area contributed by atoms with Crippen LogP contribution in [0.25, 0.3) is 0 Å². The third kappa shape index (κ3) is 2.75. The normalized spacial score (nSPS) is 10.3. The Bertz CT molecular complexity index is 516. The highest BCUT2D eigenvalue weighted by Gasteiger charge is 2.11. The first-order valence-electron chi connectivity index (χ1n) is 4.47. The molecule has 0 saturated carbocycles. The van der Waals surface area contributed by atoms with Gasteiger partial charge in [0, 0.05) is 11.1 Å². The topological polar surface area (TPSA) is 61.0 Å². The molecule has 1 heterocycles. The van der Waals surface area contributed by atoms with Crippen LogP contribution in [0.15, 0.2) is 24.4 Å². The van der Waals surface area contributed by atoms with E-state index in [4.69, 9.17) is 33.7 Å². The molecule has 0 amide bonds. The van der Waals surface area contributed by atoms with E-state index in [9.17, 15) is 4.39 Å². The number of anilines is 1. The number of halogens is 3. The van der Waals surface area contributed by atoms with Crippen molar-refractivity contribution in [3.63, 3.8) is 0 Å². The molecule has 4 nitrogen and oxygen atoms in total. The molecule has 0 bridgehead atoms. The second-order valence-corrected chi connectivity index (χ2v) is 3.90. The van der Waals surface area contributed by atoms with Crippen molar-refractivity contribution in [2.75, 3.05) is 5.73 Å². The minimum atomic E-state index is -0.741. The second kappa shape index (κ2) is 4.73. The summed E-state index contributed by atoms with van der Waals surface area (Å²) in [6.07, 6.45) is 0.913. The average Bonchev–Trinajstić information content (AvgIpc) is 2.28. The number of ether oxygens (including phenoxy) is 1. The fraction of sp³-hybridized carbons (Fsp3) is 0. The number of nitrogens with zero attached hydrogens (tertiary/aromatic N) is 2. The van der Waals surface area contributed by atoms with E-state index >= 15 is 0 Å². The molecule has 7 heteroatoms. The molecule has 2 rings (SSSR count). The predicted molar refractivity (Wildman–Crippen MR) is 62.9 cm³/mol. The number of hydrogen-bond donors (Lipinski definition) is 1. The van der Waals surface area contributed by atoms with Gasteiger partial charge in [-0.1, -0.05) is 23.2 Å². The zero-order chi connectivity index (χ0) is 12.4. The summed E-state index contributed by atoms with van der Waals surface area (Å²) in [5, 5.41) is 0.692. The van der Waals surface area contributed by atoms with E-state index in [0.29, 0.717) is 5.02 Å². The second-order valence-electron chi connectivity index (χ2n) is 3.06. The molecule has 0 atom stereocenters. The van der Waals surface area contributed by atoms with Gasteiger partial charge in [0.2, 0.25) is 11.8 Å². The first kappa shape index (κ1) is 11.9. The molecule has 2 N–H and O–H groups in total. The summed E-state index contributed by atoms with van der Waals surface area (Å²) in [6, 6.07) is 4.56. The molecular weight excluding hydrogens is 268 g/mol. The van der Waals surface area contributed by atoms with Crippen molar-refractivity contribution >= 4 is 29.2 Å². The van der Waals surface area contributed by atoms with Crippen LogP contribution in [-0.4, -0.2) is 9.97 Å². The van der Waals surface area contributed by atoms with Gasteiger partial charge in [0.15, 0.2) is 0 Å². The van der Waals surface area contributed by atoms with Crippen LogP contribution < -0.4 is 10.5 Å². The first-order valence-corrected chi connectivity index (χ1v) is 5.23. The van der Waals surface area contributed by atoms with Crippen LogP contribution in [0, 0.1) is 5.82 Å². The fourth-order valence-corrected chi connectivity index (χ4v) is 1.41. The number of benzene rings is 1. The van der Waals surface area contributed by atoms with Crippen molar-refractivity contribution in [1.29, 1.82) is 0 Å². The molecule has 0 fully saturated rings. The van der Waals surface area contributed by atoms with Crippen molar-refractivity contribution in [3.8, 4) is 11.6 Å². The zero-order valence-corrected chi connectivity index (χ0v) is 9.84. The zero-order valence-electron chi connectivity index (χ0n) is 8.32. The van der Waals surface area contributed by atoms with Crippen molar-refractivity contribution in [2.45, 2.75) is 0 Å². The molecule has 0 aliphatic heterocycles. The molecule has 0 unspecified atom stereocenters. The highest BCUT2D eigenvalue weighted by molar-refractivity contribution is 6.34. The number of rotatable bonds is 2. The van der Waals surface area contributed by atoms with Gasteiger partial charge in [0.25, 0.3) is 5.88 Å². The Hall–Kier alpha value is -1.59. The van der Waals surface area contributed by atoms with Gasteiger partial charge in [0.05, 0.1) is 11.2 Å². The van der Waals surface area contributed by atoms with E-state index in [1.165, 1.54) is 12.1 Å². The van der Waals surface area contributed by atoms with E-state index in [-0.39, 0.29) is 22.6 Å². The summed E-state index contributed by atoms with van der Waals surface area (Å²) in [6.45, 7) is 0. The summed E-state index contributed by atoms with van der Waals surface area (Å²) in [5.74, 6) is -0.951. The van der Waals surface area contributed by atoms with Crippen LogP contribution in [0.1, 0.15) is 0 Å². The van der Waals surface area contributed by atoms with E-state index in [2.05, 4.69) is 9.97 Å². The van der Waals surface area contributed by atoms with E-state index in [1.807, 2.05) is 0 Å². The minimum absolute atomic E-state index is 0.0976. The Morgan fingerprint density at radius 1 is 1.29 bits per heavy atom. The maximum atomic E-state index is 13.3. The molecule has 0 spiro atoms. The molecule has 0 aliphatic carbocycles. The lowest BCUT2D eigenvalue weighted by atomic mass is 10.3. The predicted octanol–water partition coefficient (Wildman–Crippen LogP) is 3.30. The van der Waals surface area contributed by atoms with Gasteiger partial charge < -0.3 is 10.5 Å². The van der Waals surface area contributed by atoms with Gasteiger partial charge in [-0.05, 0) is 12.1 Å². The summed E-state index contributed by atoms with van der Waals surface area (Å²) in [7, 11) is 0. The van der Waals surface area contributed by atoms with Gasteiger partial charge >= 0.3 is 0 Å². The monoisotopic (exact) mass is 273 g/mol. The van der Waals surface area contributed by atoms with Gasteiger partial charge in [-0.3, -0.25) is 0 Å². The van der Waals surface area contributed by atoms with Crippen molar-refractivity contribution in [2.24, 2.45) is 0 Å². The Kier molecular flexibility index (Phi) is 3.31. The minimum Gasteiger partial charge on any atom is -0.435 e. The molecule has 1 aromatic carbocycles. The SMILES string of the molecule is Nc1ncc(F)c(Oc2cc(Cl)ccc2Cl)n1. The number of nitrogens with two attached hydrogens (primary N) is 1. The Morgan fingerprint density at radius 2 is 2.06 bits per heavy atom. The van der Waals surface area contributed by atoms with Crippen LogP contribution in [0.5, 0.6) is 11.6 Å². The van der Waals surface area contributed by atoms with Crippen LogP contribution in [0.3, 0.4) is 0 Å². The quantitative estimate of drug-likeness (QED) is 0.912. The Balaban J connectivity index is 2.37. The molecular formula is C10H6Cl2FN3O. The van der Waals surface area contributed by atoms with Gasteiger partial charge in [-0.2, -0.15) is 9.37 Å². The molecule has 88 valence electrons. The van der Waals surface area contributed by atoms with Gasteiger partial charge in [-0.25, -0.2) is 4.98 Å². The van der Waals surface area contributed by atoms with Crippen LogP contribution in [-0.2, 0) is 0 Å². The molecule has 2 aromatic rings. The lowest BCUT2D eigenvalue weighted by molar-refractivity contribution is 0.421. The number of nitrogen functional groups attached to an aromatic ring is 1. The third-order valence-electron chi connectivity index (χ3n) is 1.83. The Morgan fingerprint density at radius 3 is 2.82 bits per heavy atom. The van der Waals surface area contributed by atoms with Crippen LogP contribution in [0.4, 0.5) is 10.3 Å². The van der Waals surface area contributed by atoms with Crippen LogP contribution in [0.2, 0.25) is 10.0 Å². The Labute approximate surface area is 106 Å². The average molecular weight is 274 g/mol. The van der Waals surface area contributed by atoms with Crippen molar-refractivity contribution in [1.82, 2.24) is 9.97 Å². The molecule has 1 aromatic heterocycles.